The molecule has 0 saturated carbocycles. The first-order valence-electron chi connectivity index (χ1n) is 6.23. The molecule has 0 aliphatic rings. The minimum Gasteiger partial charge on any atom is -0.468 e. The zero-order valence-corrected chi connectivity index (χ0v) is 11.1. The fourth-order valence-corrected chi connectivity index (χ4v) is 1.68. The van der Waals surface area contributed by atoms with E-state index in [0.29, 0.717) is 0 Å². The molecule has 0 aromatic heterocycles. The normalized spacial score (nSPS) is 12.8. The van der Waals surface area contributed by atoms with Gasteiger partial charge in [0, 0.05) is 13.1 Å². The van der Waals surface area contributed by atoms with Crippen LogP contribution in [0, 0.1) is 0 Å². The Labute approximate surface area is 99.3 Å². The van der Waals surface area contributed by atoms with Crippen LogP contribution in [0.3, 0.4) is 0 Å². The summed E-state index contributed by atoms with van der Waals surface area (Å²) in [5.41, 5.74) is 0. The highest BCUT2D eigenvalue weighted by Gasteiger charge is 2.15. The van der Waals surface area contributed by atoms with Crippen LogP contribution in [0.15, 0.2) is 0 Å². The molecule has 0 aromatic rings. The molecule has 0 amide bonds. The Morgan fingerprint density at radius 1 is 1.31 bits per heavy atom. The van der Waals surface area contributed by atoms with Gasteiger partial charge in [0.05, 0.1) is 7.11 Å². The summed E-state index contributed by atoms with van der Waals surface area (Å²) in [6.45, 7) is 10.3. The summed E-state index contributed by atoms with van der Waals surface area (Å²) in [4.78, 5) is 13.7. The molecule has 0 radical (unpaired) electrons. The summed E-state index contributed by atoms with van der Waals surface area (Å²) in [6, 6.07) is -0.162. The monoisotopic (exact) mass is 230 g/mol. The Morgan fingerprint density at radius 3 is 2.44 bits per heavy atom. The molecular weight excluding hydrogens is 204 g/mol. The lowest BCUT2D eigenvalue weighted by atomic mass is 10.2. The maximum atomic E-state index is 11.3. The van der Waals surface area contributed by atoms with E-state index < -0.39 is 0 Å². The van der Waals surface area contributed by atoms with Gasteiger partial charge in [0.15, 0.2) is 0 Å². The van der Waals surface area contributed by atoms with Crippen molar-refractivity contribution in [3.05, 3.63) is 0 Å². The summed E-state index contributed by atoms with van der Waals surface area (Å²) >= 11 is 0. The van der Waals surface area contributed by atoms with Gasteiger partial charge in [-0.15, -0.1) is 0 Å². The number of carbonyl (C=O) groups is 1. The first kappa shape index (κ1) is 15.4. The van der Waals surface area contributed by atoms with E-state index in [-0.39, 0.29) is 12.0 Å². The minimum absolute atomic E-state index is 0.162. The van der Waals surface area contributed by atoms with Crippen molar-refractivity contribution in [1.29, 1.82) is 0 Å². The number of nitrogens with one attached hydrogen (secondary N) is 1. The zero-order valence-electron chi connectivity index (χ0n) is 11.1. The van der Waals surface area contributed by atoms with Crippen LogP contribution in [0.5, 0.6) is 0 Å². The van der Waals surface area contributed by atoms with Crippen molar-refractivity contribution < 1.29 is 9.53 Å². The number of likely N-dealkylation sites (N-methyl/N-ethyl adjacent to an activating group) is 1. The van der Waals surface area contributed by atoms with Crippen LogP contribution in [-0.2, 0) is 9.53 Å². The third kappa shape index (κ3) is 6.08. The molecule has 0 fully saturated rings. The maximum absolute atomic E-state index is 11.3. The molecule has 96 valence electrons. The van der Waals surface area contributed by atoms with Gasteiger partial charge in [-0.1, -0.05) is 20.8 Å². The zero-order chi connectivity index (χ0) is 12.4. The summed E-state index contributed by atoms with van der Waals surface area (Å²) in [5.74, 6) is -0.166. The summed E-state index contributed by atoms with van der Waals surface area (Å²) in [6.07, 6.45) is 1.94. The second-order valence-electron chi connectivity index (χ2n) is 3.87. The molecule has 0 rings (SSSR count). The Morgan fingerprint density at radius 2 is 2.00 bits per heavy atom. The highest BCUT2D eigenvalue weighted by atomic mass is 16.5. The fraction of sp³-hybridized carbons (Fsp3) is 0.917. The van der Waals surface area contributed by atoms with Crippen molar-refractivity contribution in [1.82, 2.24) is 10.2 Å². The molecule has 0 saturated heterocycles. The standard InChI is InChI=1S/C12H26N2O2/c1-5-9-14(7-3)10-8-13-11(6-2)12(15)16-4/h11,13H,5-10H2,1-4H3. The average Bonchev–Trinajstić information content (AvgIpc) is 2.32. The molecule has 16 heavy (non-hydrogen) atoms. The first-order valence-corrected chi connectivity index (χ1v) is 6.23. The molecule has 0 aliphatic carbocycles. The van der Waals surface area contributed by atoms with Crippen LogP contribution in [0.2, 0.25) is 0 Å². The van der Waals surface area contributed by atoms with E-state index in [9.17, 15) is 4.79 Å². The smallest absolute Gasteiger partial charge is 0.322 e. The van der Waals surface area contributed by atoms with Gasteiger partial charge in [0.25, 0.3) is 0 Å². The highest BCUT2D eigenvalue weighted by Crippen LogP contribution is 1.94. The van der Waals surface area contributed by atoms with Gasteiger partial charge in [-0.05, 0) is 25.9 Å². The van der Waals surface area contributed by atoms with Gasteiger partial charge in [-0.3, -0.25) is 4.79 Å². The SMILES string of the molecule is CCCN(CC)CCNC(CC)C(=O)OC. The Hall–Kier alpha value is -0.610. The number of esters is 1. The largest absolute Gasteiger partial charge is 0.468 e. The third-order valence-electron chi connectivity index (χ3n) is 2.70. The van der Waals surface area contributed by atoms with Crippen molar-refractivity contribution in [2.45, 2.75) is 39.7 Å². The van der Waals surface area contributed by atoms with Gasteiger partial charge in [-0.25, -0.2) is 0 Å². The highest BCUT2D eigenvalue weighted by molar-refractivity contribution is 5.75. The quantitative estimate of drug-likeness (QED) is 0.606. The summed E-state index contributed by atoms with van der Waals surface area (Å²) < 4.78 is 4.72. The van der Waals surface area contributed by atoms with E-state index in [1.807, 2.05) is 6.92 Å². The lowest BCUT2D eigenvalue weighted by molar-refractivity contribution is -0.143. The molecule has 0 aromatic carbocycles. The van der Waals surface area contributed by atoms with Crippen LogP contribution in [0.25, 0.3) is 0 Å². The molecule has 0 aliphatic heterocycles. The van der Waals surface area contributed by atoms with Crippen molar-refractivity contribution in [3.63, 3.8) is 0 Å². The number of nitrogens with zero attached hydrogens (tertiary/aromatic N) is 1. The second kappa shape index (κ2) is 9.60. The van der Waals surface area contributed by atoms with Crippen molar-refractivity contribution in [3.8, 4) is 0 Å². The predicted octanol–water partition coefficient (Wildman–Crippen LogP) is 1.26. The van der Waals surface area contributed by atoms with Gasteiger partial charge in [-0.2, -0.15) is 0 Å². The second-order valence-corrected chi connectivity index (χ2v) is 3.87. The number of hydrogen-bond acceptors (Lipinski definition) is 4. The number of carbonyl (C=O) groups excluding carboxylic acids is 1. The van der Waals surface area contributed by atoms with E-state index in [0.717, 1.165) is 32.6 Å². The Kier molecular flexibility index (Phi) is 9.24. The first-order chi connectivity index (χ1) is 7.69. The molecule has 1 N–H and O–H groups in total. The number of hydrogen-bond donors (Lipinski definition) is 1. The van der Waals surface area contributed by atoms with Crippen molar-refractivity contribution in [2.75, 3.05) is 33.3 Å². The molecule has 0 spiro atoms. The lowest BCUT2D eigenvalue weighted by Gasteiger charge is -2.21. The molecule has 4 nitrogen and oxygen atoms in total. The van der Waals surface area contributed by atoms with Gasteiger partial charge < -0.3 is 15.0 Å². The van der Waals surface area contributed by atoms with Gasteiger partial charge in [0.1, 0.15) is 6.04 Å². The Bertz CT molecular complexity index is 186. The number of methoxy groups -OCH3 is 1. The van der Waals surface area contributed by atoms with Crippen LogP contribution < -0.4 is 5.32 Å². The van der Waals surface area contributed by atoms with Crippen molar-refractivity contribution in [2.24, 2.45) is 0 Å². The summed E-state index contributed by atoms with van der Waals surface area (Å²) in [7, 11) is 1.43. The number of rotatable bonds is 9. The molecule has 4 heteroatoms. The number of ether oxygens (including phenoxy) is 1. The minimum atomic E-state index is -0.166. The van der Waals surface area contributed by atoms with E-state index >= 15 is 0 Å². The molecule has 0 heterocycles. The van der Waals surface area contributed by atoms with E-state index in [1.54, 1.807) is 0 Å². The van der Waals surface area contributed by atoms with Gasteiger partial charge in [0.2, 0.25) is 0 Å². The lowest BCUT2D eigenvalue weighted by Crippen LogP contribution is -2.41. The van der Waals surface area contributed by atoms with Crippen LogP contribution in [0.1, 0.15) is 33.6 Å². The topological polar surface area (TPSA) is 41.6 Å². The molecular formula is C12H26N2O2. The van der Waals surface area contributed by atoms with Crippen molar-refractivity contribution >= 4 is 5.97 Å². The van der Waals surface area contributed by atoms with Crippen LogP contribution in [-0.4, -0.2) is 50.2 Å². The van der Waals surface area contributed by atoms with E-state index in [4.69, 9.17) is 4.74 Å². The Balaban J connectivity index is 3.80. The van der Waals surface area contributed by atoms with E-state index in [1.165, 1.54) is 13.5 Å². The predicted molar refractivity (Wildman–Crippen MR) is 66.5 cm³/mol. The average molecular weight is 230 g/mol. The van der Waals surface area contributed by atoms with E-state index in [2.05, 4.69) is 24.1 Å². The summed E-state index contributed by atoms with van der Waals surface area (Å²) in [5, 5.41) is 3.23. The molecule has 0 bridgehead atoms. The van der Waals surface area contributed by atoms with Crippen LogP contribution >= 0.6 is 0 Å². The molecule has 1 atom stereocenters. The van der Waals surface area contributed by atoms with Crippen LogP contribution in [0.4, 0.5) is 0 Å². The maximum Gasteiger partial charge on any atom is 0.322 e. The molecule has 1 unspecified atom stereocenters. The van der Waals surface area contributed by atoms with Gasteiger partial charge >= 0.3 is 5.97 Å². The third-order valence-corrected chi connectivity index (χ3v) is 2.70. The fourth-order valence-electron chi connectivity index (χ4n) is 1.68.